The van der Waals surface area contributed by atoms with Crippen LogP contribution in [0.3, 0.4) is 0 Å². The van der Waals surface area contributed by atoms with Crippen molar-refractivity contribution in [1.82, 2.24) is 15.5 Å². The molecule has 20 heavy (non-hydrogen) atoms. The Labute approximate surface area is 118 Å². The number of carbonyl (C=O) groups is 2. The molecule has 0 saturated carbocycles. The van der Waals surface area contributed by atoms with Gasteiger partial charge in [0.1, 0.15) is 0 Å². The summed E-state index contributed by atoms with van der Waals surface area (Å²) in [5.41, 5.74) is 6.88. The van der Waals surface area contributed by atoms with E-state index in [4.69, 9.17) is 10.5 Å². The fraction of sp³-hybridized carbons (Fsp3) is 0.692. The van der Waals surface area contributed by atoms with Crippen molar-refractivity contribution >= 4 is 12.0 Å². The summed E-state index contributed by atoms with van der Waals surface area (Å²) < 4.78 is 5.03. The van der Waals surface area contributed by atoms with Crippen molar-refractivity contribution in [3.63, 3.8) is 0 Å². The van der Waals surface area contributed by atoms with E-state index < -0.39 is 0 Å². The fourth-order valence-corrected chi connectivity index (χ4v) is 2.65. The molecule has 2 aliphatic heterocycles. The van der Waals surface area contributed by atoms with Crippen molar-refractivity contribution < 1.29 is 14.3 Å². The predicted octanol–water partition coefficient (Wildman–Crippen LogP) is -0.460. The van der Waals surface area contributed by atoms with Gasteiger partial charge in [0.2, 0.25) is 0 Å². The third-order valence-corrected chi connectivity index (χ3v) is 3.71. The van der Waals surface area contributed by atoms with Crippen molar-refractivity contribution in [3.8, 4) is 0 Å². The lowest BCUT2D eigenvalue weighted by atomic mass is 10.1. The summed E-state index contributed by atoms with van der Waals surface area (Å²) >= 11 is 0. The first-order valence-electron chi connectivity index (χ1n) is 7.03. The van der Waals surface area contributed by atoms with Crippen molar-refractivity contribution in [2.24, 2.45) is 5.73 Å². The molecule has 112 valence electrons. The Balaban J connectivity index is 2.14. The monoisotopic (exact) mass is 282 g/mol. The molecule has 1 atom stereocenters. The Morgan fingerprint density at radius 1 is 1.55 bits per heavy atom. The van der Waals surface area contributed by atoms with E-state index in [1.807, 2.05) is 0 Å². The molecule has 2 rings (SSSR count). The first kappa shape index (κ1) is 14.8. The minimum Gasteiger partial charge on any atom is -0.463 e. The van der Waals surface area contributed by atoms with Crippen LogP contribution >= 0.6 is 0 Å². The standard InChI is InChI=1S/C13H22N4O3/c1-2-20-12(18)10-7-15-13(19)16-11(10)8-17-5-3-4-9(17)6-14/h9H,2-8,14H2,1H3,(H2,15,16,19). The minimum absolute atomic E-state index is 0.209. The van der Waals surface area contributed by atoms with Gasteiger partial charge >= 0.3 is 12.0 Å². The average Bonchev–Trinajstić information content (AvgIpc) is 2.86. The van der Waals surface area contributed by atoms with Gasteiger partial charge in [0.05, 0.1) is 18.7 Å². The number of nitrogens with one attached hydrogen (secondary N) is 2. The van der Waals surface area contributed by atoms with Crippen LogP contribution < -0.4 is 16.4 Å². The SMILES string of the molecule is CCOC(=O)C1=C(CN2CCCC2CN)NC(=O)NC1. The summed E-state index contributed by atoms with van der Waals surface area (Å²) in [6.45, 7) is 4.35. The normalized spacial score (nSPS) is 23.5. The maximum absolute atomic E-state index is 11.9. The lowest BCUT2D eigenvalue weighted by molar-refractivity contribution is -0.138. The molecule has 2 aliphatic rings. The zero-order valence-electron chi connectivity index (χ0n) is 11.8. The highest BCUT2D eigenvalue weighted by Crippen LogP contribution is 2.19. The van der Waals surface area contributed by atoms with Gasteiger partial charge in [-0.3, -0.25) is 4.90 Å². The van der Waals surface area contributed by atoms with Crippen molar-refractivity contribution in [3.05, 3.63) is 11.3 Å². The second kappa shape index (κ2) is 6.71. The molecule has 0 aliphatic carbocycles. The molecule has 0 spiro atoms. The first-order chi connectivity index (χ1) is 9.65. The van der Waals surface area contributed by atoms with Crippen LogP contribution in [0.1, 0.15) is 19.8 Å². The molecule has 1 saturated heterocycles. The molecule has 0 bridgehead atoms. The van der Waals surface area contributed by atoms with Crippen LogP contribution in [0.15, 0.2) is 11.3 Å². The number of likely N-dealkylation sites (tertiary alicyclic amines) is 1. The van der Waals surface area contributed by atoms with Gasteiger partial charge in [0.25, 0.3) is 0 Å². The third-order valence-electron chi connectivity index (χ3n) is 3.71. The molecule has 1 fully saturated rings. The van der Waals surface area contributed by atoms with Gasteiger partial charge in [0.15, 0.2) is 0 Å². The first-order valence-corrected chi connectivity index (χ1v) is 7.03. The van der Waals surface area contributed by atoms with E-state index in [1.165, 1.54) is 0 Å². The Morgan fingerprint density at radius 2 is 2.35 bits per heavy atom. The molecular weight excluding hydrogens is 260 g/mol. The highest BCUT2D eigenvalue weighted by molar-refractivity contribution is 5.93. The Bertz CT molecular complexity index is 422. The largest absolute Gasteiger partial charge is 0.463 e. The smallest absolute Gasteiger partial charge is 0.337 e. The third kappa shape index (κ3) is 3.29. The molecule has 0 aromatic heterocycles. The van der Waals surface area contributed by atoms with E-state index >= 15 is 0 Å². The summed E-state index contributed by atoms with van der Waals surface area (Å²) in [7, 11) is 0. The van der Waals surface area contributed by atoms with Crippen LogP contribution in [0.25, 0.3) is 0 Å². The lowest BCUT2D eigenvalue weighted by Crippen LogP contribution is -2.48. The molecule has 1 unspecified atom stereocenters. The molecule has 2 amide bonds. The highest BCUT2D eigenvalue weighted by Gasteiger charge is 2.29. The molecule has 0 radical (unpaired) electrons. The minimum atomic E-state index is -0.376. The number of nitrogens with two attached hydrogens (primary N) is 1. The number of nitrogens with zero attached hydrogens (tertiary/aromatic N) is 1. The molecule has 0 aromatic carbocycles. The molecule has 2 heterocycles. The molecule has 7 heteroatoms. The van der Waals surface area contributed by atoms with Gasteiger partial charge in [-0.1, -0.05) is 0 Å². The van der Waals surface area contributed by atoms with Gasteiger partial charge in [-0.2, -0.15) is 0 Å². The second-order valence-electron chi connectivity index (χ2n) is 4.99. The van der Waals surface area contributed by atoms with E-state index in [1.54, 1.807) is 6.92 Å². The van der Waals surface area contributed by atoms with Gasteiger partial charge in [-0.25, -0.2) is 9.59 Å². The van der Waals surface area contributed by atoms with E-state index in [2.05, 4.69) is 15.5 Å². The van der Waals surface area contributed by atoms with E-state index in [0.29, 0.717) is 37.0 Å². The van der Waals surface area contributed by atoms with Crippen LogP contribution in [0.2, 0.25) is 0 Å². The Morgan fingerprint density at radius 3 is 3.05 bits per heavy atom. The second-order valence-corrected chi connectivity index (χ2v) is 4.99. The number of urea groups is 1. The van der Waals surface area contributed by atoms with Crippen LogP contribution in [0.5, 0.6) is 0 Å². The molecule has 4 N–H and O–H groups in total. The number of esters is 1. The zero-order valence-corrected chi connectivity index (χ0v) is 11.8. The highest BCUT2D eigenvalue weighted by atomic mass is 16.5. The van der Waals surface area contributed by atoms with E-state index in [9.17, 15) is 9.59 Å². The Hall–Kier alpha value is -1.60. The van der Waals surface area contributed by atoms with Gasteiger partial charge in [-0.15, -0.1) is 0 Å². The summed E-state index contributed by atoms with van der Waals surface area (Å²) in [5, 5.41) is 5.32. The van der Waals surface area contributed by atoms with Crippen LogP contribution in [-0.2, 0) is 9.53 Å². The number of carbonyl (C=O) groups excluding carboxylic acids is 2. The van der Waals surface area contributed by atoms with Gasteiger partial charge in [0, 0.05) is 24.8 Å². The van der Waals surface area contributed by atoms with Gasteiger partial charge in [-0.05, 0) is 26.3 Å². The van der Waals surface area contributed by atoms with Crippen molar-refractivity contribution in [2.45, 2.75) is 25.8 Å². The Kier molecular flexibility index (Phi) is 4.97. The number of hydrogen-bond acceptors (Lipinski definition) is 5. The summed E-state index contributed by atoms with van der Waals surface area (Å²) in [6, 6.07) is 0.0364. The summed E-state index contributed by atoms with van der Waals surface area (Å²) in [5.74, 6) is -0.376. The topological polar surface area (TPSA) is 96.7 Å². The zero-order chi connectivity index (χ0) is 14.5. The number of hydrogen-bond donors (Lipinski definition) is 3. The van der Waals surface area contributed by atoms with E-state index in [0.717, 1.165) is 19.4 Å². The van der Waals surface area contributed by atoms with E-state index in [-0.39, 0.29) is 18.5 Å². The number of amides is 2. The quantitative estimate of drug-likeness (QED) is 0.593. The van der Waals surface area contributed by atoms with Crippen LogP contribution in [0.4, 0.5) is 4.79 Å². The van der Waals surface area contributed by atoms with Crippen molar-refractivity contribution in [1.29, 1.82) is 0 Å². The summed E-state index contributed by atoms with van der Waals surface area (Å²) in [4.78, 5) is 25.6. The maximum Gasteiger partial charge on any atom is 0.337 e. The molecule has 0 aromatic rings. The summed E-state index contributed by atoms with van der Waals surface area (Å²) in [6.07, 6.45) is 2.15. The average molecular weight is 282 g/mol. The van der Waals surface area contributed by atoms with Crippen molar-refractivity contribution in [2.75, 3.05) is 32.8 Å². The van der Waals surface area contributed by atoms with Gasteiger partial charge < -0.3 is 21.1 Å². The molecular formula is C13H22N4O3. The molecule has 7 nitrogen and oxygen atoms in total. The van der Waals surface area contributed by atoms with Crippen LogP contribution in [-0.4, -0.2) is 55.7 Å². The van der Waals surface area contributed by atoms with Crippen LogP contribution in [0, 0.1) is 0 Å². The fourth-order valence-electron chi connectivity index (χ4n) is 2.65. The lowest BCUT2D eigenvalue weighted by Gasteiger charge is -2.28. The number of rotatable bonds is 5. The number of ether oxygens (including phenoxy) is 1. The predicted molar refractivity (Wildman–Crippen MR) is 73.8 cm³/mol. The maximum atomic E-state index is 11.9.